The number of rotatable bonds is 2. The van der Waals surface area contributed by atoms with Crippen molar-refractivity contribution in [1.82, 2.24) is 0 Å². The van der Waals surface area contributed by atoms with Crippen molar-refractivity contribution in [3.05, 3.63) is 58.1 Å². The second kappa shape index (κ2) is 5.47. The number of nitrogens with zero attached hydrogens (tertiary/aromatic N) is 2. The van der Waals surface area contributed by atoms with E-state index in [4.69, 9.17) is 14.5 Å². The molecule has 1 aromatic carbocycles. The van der Waals surface area contributed by atoms with Crippen molar-refractivity contribution in [2.24, 2.45) is 4.99 Å². The molecule has 2 aromatic rings. The Labute approximate surface area is 153 Å². The largest absolute Gasteiger partial charge is 0.619 e. The molecule has 0 atom stereocenters. The molecule has 4 rings (SSSR count). The van der Waals surface area contributed by atoms with Crippen LogP contribution in [0.15, 0.2) is 35.6 Å². The molecule has 5 heteroatoms. The van der Waals surface area contributed by atoms with Crippen LogP contribution >= 0.6 is 0 Å². The summed E-state index contributed by atoms with van der Waals surface area (Å²) in [6, 6.07) is 5.77. The van der Waals surface area contributed by atoms with Crippen LogP contribution in [0.2, 0.25) is 0 Å². The van der Waals surface area contributed by atoms with E-state index in [-0.39, 0.29) is 11.1 Å². The third kappa shape index (κ3) is 2.71. The van der Waals surface area contributed by atoms with Crippen LogP contribution in [0.1, 0.15) is 49.9 Å². The van der Waals surface area contributed by atoms with E-state index >= 15 is 0 Å². The van der Waals surface area contributed by atoms with Crippen molar-refractivity contribution in [1.29, 1.82) is 0 Å². The van der Waals surface area contributed by atoms with Gasteiger partial charge < -0.3 is 14.7 Å². The molecule has 2 aliphatic heterocycles. The van der Waals surface area contributed by atoms with Crippen LogP contribution in [0.5, 0.6) is 11.5 Å². The molecule has 136 valence electrons. The lowest BCUT2D eigenvalue weighted by atomic mass is 9.81. The number of pyridine rings is 1. The Hall–Kier alpha value is -2.56. The molecule has 0 aliphatic carbocycles. The lowest BCUT2D eigenvalue weighted by molar-refractivity contribution is -0.605. The monoisotopic (exact) mass is 352 g/mol. The summed E-state index contributed by atoms with van der Waals surface area (Å²) in [6.45, 7) is 8.39. The number of hydrogen-bond donors (Lipinski definition) is 0. The fourth-order valence-corrected chi connectivity index (χ4v) is 4.02. The Morgan fingerprint density at radius 2 is 2.00 bits per heavy atom. The van der Waals surface area contributed by atoms with E-state index in [9.17, 15) is 5.21 Å². The van der Waals surface area contributed by atoms with Gasteiger partial charge in [0.25, 0.3) is 0 Å². The van der Waals surface area contributed by atoms with Gasteiger partial charge >= 0.3 is 0 Å². The van der Waals surface area contributed by atoms with Crippen LogP contribution in [-0.4, -0.2) is 24.0 Å². The first-order chi connectivity index (χ1) is 12.2. The average Bonchev–Trinajstić information content (AvgIpc) is 2.87. The van der Waals surface area contributed by atoms with Crippen LogP contribution < -0.4 is 14.2 Å². The fraction of sp³-hybridized carbons (Fsp3) is 0.429. The van der Waals surface area contributed by atoms with Crippen LogP contribution in [0.3, 0.4) is 0 Å². The highest BCUT2D eigenvalue weighted by molar-refractivity contribution is 6.15. The molecule has 2 aliphatic rings. The molecule has 0 radical (unpaired) electrons. The number of methoxy groups -OCH3 is 1. The molecule has 0 spiro atoms. The molecule has 0 bridgehead atoms. The van der Waals surface area contributed by atoms with E-state index in [2.05, 4.69) is 33.8 Å². The van der Waals surface area contributed by atoms with E-state index in [0.29, 0.717) is 0 Å². The van der Waals surface area contributed by atoms with Gasteiger partial charge in [0.1, 0.15) is 5.60 Å². The quantitative estimate of drug-likeness (QED) is 0.616. The zero-order chi connectivity index (χ0) is 18.7. The summed E-state index contributed by atoms with van der Waals surface area (Å²) in [5.74, 6) is 1.57. The van der Waals surface area contributed by atoms with Gasteiger partial charge in [-0.2, -0.15) is 4.73 Å². The molecule has 26 heavy (non-hydrogen) atoms. The van der Waals surface area contributed by atoms with E-state index in [0.717, 1.165) is 51.5 Å². The third-order valence-corrected chi connectivity index (χ3v) is 4.95. The van der Waals surface area contributed by atoms with Gasteiger partial charge in [0.15, 0.2) is 23.9 Å². The summed E-state index contributed by atoms with van der Waals surface area (Å²) in [5.41, 5.74) is 4.56. The topological polar surface area (TPSA) is 57.8 Å². The highest BCUT2D eigenvalue weighted by Crippen LogP contribution is 2.47. The molecule has 0 fully saturated rings. The lowest BCUT2D eigenvalue weighted by Crippen LogP contribution is -2.32. The molecular formula is C21H24N2O3. The average molecular weight is 352 g/mol. The standard InChI is InChI=1S/C21H24N2O3/c1-20(2)10-14-9-16(25-5)19-15(11-21(3,4)26-19)17(14)18(22-20)13-7-6-8-23(24)12-13/h6-9,12H,10-11H2,1-5H3. The Kier molecular flexibility index (Phi) is 3.55. The predicted octanol–water partition coefficient (Wildman–Crippen LogP) is 3.21. The molecule has 3 heterocycles. The third-order valence-electron chi connectivity index (χ3n) is 4.95. The first-order valence-electron chi connectivity index (χ1n) is 8.90. The summed E-state index contributed by atoms with van der Waals surface area (Å²) in [5, 5.41) is 11.9. The van der Waals surface area contributed by atoms with E-state index < -0.39 is 0 Å². The highest BCUT2D eigenvalue weighted by Gasteiger charge is 2.39. The van der Waals surface area contributed by atoms with Crippen LogP contribution in [0.25, 0.3) is 0 Å². The molecule has 0 N–H and O–H groups in total. The predicted molar refractivity (Wildman–Crippen MR) is 100 cm³/mol. The van der Waals surface area contributed by atoms with Gasteiger partial charge in [-0.25, -0.2) is 0 Å². The SMILES string of the molecule is COc1cc2c(c3c1OC(C)(C)C3)C(c1ccc[n+]([O-])c1)=NC(C)(C)C2. The van der Waals surface area contributed by atoms with Gasteiger partial charge in [-0.15, -0.1) is 0 Å². The molecule has 0 saturated heterocycles. The number of hydrogen-bond acceptors (Lipinski definition) is 4. The summed E-state index contributed by atoms with van der Waals surface area (Å²) in [7, 11) is 1.68. The van der Waals surface area contributed by atoms with E-state index in [1.165, 1.54) is 11.8 Å². The first-order valence-corrected chi connectivity index (χ1v) is 8.90. The zero-order valence-electron chi connectivity index (χ0n) is 15.9. The minimum absolute atomic E-state index is 0.250. The van der Waals surface area contributed by atoms with Crippen molar-refractivity contribution in [3.8, 4) is 11.5 Å². The number of aliphatic imine (C=N–C) groups is 1. The van der Waals surface area contributed by atoms with E-state index in [1.807, 2.05) is 6.07 Å². The number of benzene rings is 1. The molecule has 5 nitrogen and oxygen atoms in total. The second-order valence-electron chi connectivity index (χ2n) is 8.36. The maximum Gasteiger partial charge on any atom is 0.189 e. The first kappa shape index (κ1) is 16.9. The molecule has 1 aromatic heterocycles. The maximum atomic E-state index is 11.9. The highest BCUT2D eigenvalue weighted by atomic mass is 16.5. The Morgan fingerprint density at radius 1 is 1.23 bits per heavy atom. The van der Waals surface area contributed by atoms with Gasteiger partial charge in [-0.05, 0) is 51.8 Å². The molecule has 0 unspecified atom stereocenters. The van der Waals surface area contributed by atoms with Gasteiger partial charge in [0.05, 0.1) is 23.9 Å². The minimum atomic E-state index is -0.294. The summed E-state index contributed by atoms with van der Waals surface area (Å²) in [6.07, 6.45) is 4.68. The van der Waals surface area contributed by atoms with Crippen molar-refractivity contribution in [2.75, 3.05) is 7.11 Å². The van der Waals surface area contributed by atoms with Crippen molar-refractivity contribution in [3.63, 3.8) is 0 Å². The fourth-order valence-electron chi connectivity index (χ4n) is 4.02. The smallest absolute Gasteiger partial charge is 0.189 e. The van der Waals surface area contributed by atoms with Crippen molar-refractivity contribution >= 4 is 5.71 Å². The Morgan fingerprint density at radius 3 is 2.69 bits per heavy atom. The number of aromatic nitrogens is 1. The molecule has 0 saturated carbocycles. The van der Waals surface area contributed by atoms with Gasteiger partial charge in [-0.3, -0.25) is 4.99 Å². The normalized spacial score (nSPS) is 19.2. The minimum Gasteiger partial charge on any atom is -0.619 e. The van der Waals surface area contributed by atoms with Crippen molar-refractivity contribution < 1.29 is 14.2 Å². The summed E-state index contributed by atoms with van der Waals surface area (Å²) < 4.78 is 12.6. The molecular weight excluding hydrogens is 328 g/mol. The van der Waals surface area contributed by atoms with Gasteiger partial charge in [-0.1, -0.05) is 0 Å². The summed E-state index contributed by atoms with van der Waals surface area (Å²) >= 11 is 0. The number of fused-ring (bicyclic) bond motifs is 3. The van der Waals surface area contributed by atoms with Crippen LogP contribution in [0.4, 0.5) is 0 Å². The maximum absolute atomic E-state index is 11.9. The van der Waals surface area contributed by atoms with Crippen molar-refractivity contribution in [2.45, 2.75) is 51.7 Å². The Bertz CT molecular complexity index is 929. The van der Waals surface area contributed by atoms with Gasteiger partial charge in [0.2, 0.25) is 0 Å². The van der Waals surface area contributed by atoms with Gasteiger partial charge in [0, 0.05) is 23.6 Å². The van der Waals surface area contributed by atoms with Crippen LogP contribution in [0, 0.1) is 5.21 Å². The van der Waals surface area contributed by atoms with Crippen LogP contribution in [-0.2, 0) is 12.8 Å². The summed E-state index contributed by atoms with van der Waals surface area (Å²) in [4.78, 5) is 5.02. The lowest BCUT2D eigenvalue weighted by Gasteiger charge is -2.30. The second-order valence-corrected chi connectivity index (χ2v) is 8.36. The number of ether oxygens (including phenoxy) is 2. The zero-order valence-corrected chi connectivity index (χ0v) is 15.9. The van der Waals surface area contributed by atoms with E-state index in [1.54, 1.807) is 19.4 Å². The Balaban J connectivity index is 2.00. The molecule has 0 amide bonds.